The van der Waals surface area contributed by atoms with Crippen LogP contribution in [-0.4, -0.2) is 40.3 Å². The molecule has 2 heterocycles. The minimum absolute atomic E-state index is 0.0397. The first-order chi connectivity index (χ1) is 16.8. The van der Waals surface area contributed by atoms with Gasteiger partial charge in [-0.2, -0.15) is 0 Å². The maximum absolute atomic E-state index is 12.7. The molecule has 1 aromatic carbocycles. The number of amides is 1. The lowest BCUT2D eigenvalue weighted by atomic mass is 10.0. The number of benzene rings is 1. The number of aromatic nitrogens is 1. The number of anilines is 1. The minimum Gasteiger partial charge on any atom is -0.494 e. The third-order valence-electron chi connectivity index (χ3n) is 6.50. The SMILES string of the molecule is Cc1ccc(OCCCC(C)(C)O)cc1-c1ccnc(NC(=O)C2=NNC(CC3CCCC3)O2)c1. The van der Waals surface area contributed by atoms with E-state index in [9.17, 15) is 9.90 Å². The molecule has 2 aliphatic rings. The van der Waals surface area contributed by atoms with Gasteiger partial charge >= 0.3 is 5.91 Å². The average molecular weight is 481 g/mol. The number of carbonyl (C=O) groups excluding carboxylic acids is 1. The molecule has 8 heteroatoms. The van der Waals surface area contributed by atoms with Crippen molar-refractivity contribution in [2.24, 2.45) is 11.0 Å². The molecule has 8 nitrogen and oxygen atoms in total. The number of hydrazone groups is 1. The Kier molecular flexibility index (Phi) is 7.90. The number of rotatable bonds is 10. The van der Waals surface area contributed by atoms with Crippen LogP contribution < -0.4 is 15.5 Å². The Hall–Kier alpha value is -3.13. The first-order valence-electron chi connectivity index (χ1n) is 12.5. The molecule has 35 heavy (non-hydrogen) atoms. The molecule has 188 valence electrons. The summed E-state index contributed by atoms with van der Waals surface area (Å²) < 4.78 is 11.6. The molecule has 0 bridgehead atoms. The van der Waals surface area contributed by atoms with Gasteiger partial charge in [0.1, 0.15) is 11.6 Å². The van der Waals surface area contributed by atoms with E-state index in [1.807, 2.05) is 37.3 Å². The molecule has 0 saturated heterocycles. The van der Waals surface area contributed by atoms with E-state index in [2.05, 4.69) is 20.8 Å². The standard InChI is InChI=1S/C27H36N4O4/c1-18-9-10-21(34-14-6-12-27(2,3)33)17-22(18)20-11-13-28-23(16-20)29-25(32)26-31-30-24(35-26)15-19-7-4-5-8-19/h9-11,13,16-17,19,24,30,33H,4-8,12,14-15H2,1-3H3,(H,28,29,32). The van der Waals surface area contributed by atoms with Crippen LogP contribution in [0.3, 0.4) is 0 Å². The minimum atomic E-state index is -0.693. The van der Waals surface area contributed by atoms with Crippen LogP contribution >= 0.6 is 0 Å². The largest absolute Gasteiger partial charge is 0.494 e. The monoisotopic (exact) mass is 480 g/mol. The Balaban J connectivity index is 1.35. The molecule has 1 atom stereocenters. The first kappa shape index (κ1) is 25.0. The molecule has 1 aromatic heterocycles. The van der Waals surface area contributed by atoms with Crippen molar-refractivity contribution in [3.05, 3.63) is 42.1 Å². The number of nitrogens with zero attached hydrogens (tertiary/aromatic N) is 2. The predicted molar refractivity (Wildman–Crippen MR) is 136 cm³/mol. The molecule has 2 aromatic rings. The summed E-state index contributed by atoms with van der Waals surface area (Å²) in [5, 5.41) is 16.7. The van der Waals surface area contributed by atoms with Crippen LogP contribution in [0.1, 0.15) is 64.4 Å². The van der Waals surface area contributed by atoms with E-state index in [0.29, 0.717) is 24.8 Å². The summed E-state index contributed by atoms with van der Waals surface area (Å²) in [5.74, 6) is 1.44. The van der Waals surface area contributed by atoms with E-state index in [4.69, 9.17) is 9.47 Å². The number of aryl methyl sites for hydroxylation is 1. The van der Waals surface area contributed by atoms with Gasteiger partial charge in [-0.3, -0.25) is 10.2 Å². The van der Waals surface area contributed by atoms with Crippen molar-refractivity contribution in [3.8, 4) is 16.9 Å². The number of ether oxygens (including phenoxy) is 2. The van der Waals surface area contributed by atoms with Crippen molar-refractivity contribution in [2.75, 3.05) is 11.9 Å². The highest BCUT2D eigenvalue weighted by atomic mass is 16.5. The highest BCUT2D eigenvalue weighted by Gasteiger charge is 2.28. The van der Waals surface area contributed by atoms with Crippen molar-refractivity contribution < 1.29 is 19.4 Å². The van der Waals surface area contributed by atoms with Gasteiger partial charge in [-0.05, 0) is 80.5 Å². The molecule has 1 unspecified atom stereocenters. The van der Waals surface area contributed by atoms with Crippen molar-refractivity contribution in [2.45, 2.75) is 77.5 Å². The Morgan fingerprint density at radius 1 is 1.26 bits per heavy atom. The number of carbonyl (C=O) groups is 1. The summed E-state index contributed by atoms with van der Waals surface area (Å²) >= 11 is 0. The van der Waals surface area contributed by atoms with Gasteiger partial charge < -0.3 is 19.9 Å². The van der Waals surface area contributed by atoms with Crippen LogP contribution in [0.25, 0.3) is 11.1 Å². The maximum atomic E-state index is 12.7. The quantitative estimate of drug-likeness (QED) is 0.423. The van der Waals surface area contributed by atoms with Gasteiger partial charge in [-0.25, -0.2) is 4.98 Å². The lowest BCUT2D eigenvalue weighted by molar-refractivity contribution is -0.111. The van der Waals surface area contributed by atoms with Gasteiger partial charge in [-0.15, -0.1) is 5.10 Å². The third-order valence-corrected chi connectivity index (χ3v) is 6.50. The maximum Gasteiger partial charge on any atom is 0.313 e. The third kappa shape index (κ3) is 7.18. The molecule has 1 aliphatic heterocycles. The van der Waals surface area contributed by atoms with Crippen LogP contribution in [0.15, 0.2) is 41.6 Å². The summed E-state index contributed by atoms with van der Waals surface area (Å²) in [6.45, 7) is 6.16. The van der Waals surface area contributed by atoms with Crippen LogP contribution in [0.5, 0.6) is 5.75 Å². The van der Waals surface area contributed by atoms with Crippen LogP contribution in [0.2, 0.25) is 0 Å². The summed E-state index contributed by atoms with van der Waals surface area (Å²) in [6, 6.07) is 9.67. The molecule has 3 N–H and O–H groups in total. The van der Waals surface area contributed by atoms with Gasteiger partial charge in [0.15, 0.2) is 6.23 Å². The summed E-state index contributed by atoms with van der Waals surface area (Å²) in [5.41, 5.74) is 5.24. The number of hydrogen-bond acceptors (Lipinski definition) is 7. The Morgan fingerprint density at radius 2 is 2.06 bits per heavy atom. The van der Waals surface area contributed by atoms with Gasteiger partial charge in [0.05, 0.1) is 12.2 Å². The molecule has 0 radical (unpaired) electrons. The van der Waals surface area contributed by atoms with E-state index in [1.54, 1.807) is 20.0 Å². The number of pyridine rings is 1. The zero-order valence-corrected chi connectivity index (χ0v) is 20.8. The molecule has 4 rings (SSSR count). The highest BCUT2D eigenvalue weighted by molar-refractivity contribution is 6.39. The molecule has 1 saturated carbocycles. The fraction of sp³-hybridized carbons (Fsp3) is 0.519. The second kappa shape index (κ2) is 11.1. The van der Waals surface area contributed by atoms with E-state index in [-0.39, 0.29) is 12.1 Å². The normalized spacial score (nSPS) is 18.1. The van der Waals surface area contributed by atoms with Crippen LogP contribution in [0, 0.1) is 12.8 Å². The summed E-state index contributed by atoms with van der Waals surface area (Å²) in [7, 11) is 0. The van der Waals surface area contributed by atoms with Crippen molar-refractivity contribution in [1.82, 2.24) is 10.4 Å². The van der Waals surface area contributed by atoms with Gasteiger partial charge in [0, 0.05) is 12.6 Å². The molecule has 1 fully saturated rings. The molecule has 1 aliphatic carbocycles. The second-order valence-electron chi connectivity index (χ2n) is 10.2. The van der Waals surface area contributed by atoms with Crippen molar-refractivity contribution in [3.63, 3.8) is 0 Å². The first-order valence-corrected chi connectivity index (χ1v) is 12.5. The number of hydrogen-bond donors (Lipinski definition) is 3. The fourth-order valence-corrected chi connectivity index (χ4v) is 4.60. The van der Waals surface area contributed by atoms with Gasteiger partial charge in [0.25, 0.3) is 5.90 Å². The Morgan fingerprint density at radius 3 is 2.83 bits per heavy atom. The van der Waals surface area contributed by atoms with Crippen LogP contribution in [-0.2, 0) is 9.53 Å². The Bertz CT molecular complexity index is 1060. The zero-order valence-electron chi connectivity index (χ0n) is 20.8. The zero-order chi connectivity index (χ0) is 24.8. The smallest absolute Gasteiger partial charge is 0.313 e. The van der Waals surface area contributed by atoms with E-state index in [1.165, 1.54) is 25.7 Å². The van der Waals surface area contributed by atoms with E-state index < -0.39 is 11.5 Å². The fourth-order valence-electron chi connectivity index (χ4n) is 4.60. The highest BCUT2D eigenvalue weighted by Crippen LogP contribution is 2.30. The number of nitrogens with one attached hydrogen (secondary N) is 2. The lowest BCUT2D eigenvalue weighted by Crippen LogP contribution is -2.28. The second-order valence-corrected chi connectivity index (χ2v) is 10.2. The molecular formula is C27H36N4O4. The molecule has 0 spiro atoms. The van der Waals surface area contributed by atoms with E-state index >= 15 is 0 Å². The van der Waals surface area contributed by atoms with Gasteiger partial charge in [-0.1, -0.05) is 31.7 Å². The topological polar surface area (TPSA) is 105 Å². The summed E-state index contributed by atoms with van der Waals surface area (Å²) in [6.07, 6.45) is 8.69. The molecule has 1 amide bonds. The van der Waals surface area contributed by atoms with Crippen LogP contribution in [0.4, 0.5) is 5.82 Å². The average Bonchev–Trinajstić information content (AvgIpc) is 3.50. The lowest BCUT2D eigenvalue weighted by Gasteiger charge is -2.17. The predicted octanol–water partition coefficient (Wildman–Crippen LogP) is 4.77. The Labute approximate surface area is 207 Å². The number of aliphatic hydroxyl groups is 1. The van der Waals surface area contributed by atoms with Crippen molar-refractivity contribution in [1.29, 1.82) is 0 Å². The van der Waals surface area contributed by atoms with Gasteiger partial charge in [0.2, 0.25) is 0 Å². The van der Waals surface area contributed by atoms with E-state index in [0.717, 1.165) is 35.3 Å². The van der Waals surface area contributed by atoms with Crippen molar-refractivity contribution >= 4 is 17.6 Å². The summed E-state index contributed by atoms with van der Waals surface area (Å²) in [4.78, 5) is 17.0. The molecular weight excluding hydrogens is 444 g/mol.